The van der Waals surface area contributed by atoms with Gasteiger partial charge in [0, 0.05) is 32.7 Å². The van der Waals surface area contributed by atoms with Crippen LogP contribution in [-0.4, -0.2) is 53.1 Å². The molecule has 2 fully saturated rings. The second-order valence-electron chi connectivity index (χ2n) is 7.62. The topological polar surface area (TPSA) is 65.1 Å². The van der Waals surface area contributed by atoms with Crippen LogP contribution in [0.1, 0.15) is 43.7 Å². The van der Waals surface area contributed by atoms with E-state index in [0.29, 0.717) is 12.5 Å². The third-order valence-electron chi connectivity index (χ3n) is 5.59. The highest BCUT2D eigenvalue weighted by Crippen LogP contribution is 2.18. The molecule has 2 aliphatic rings. The predicted molar refractivity (Wildman–Crippen MR) is 118 cm³/mol. The van der Waals surface area contributed by atoms with E-state index in [-0.39, 0.29) is 30.1 Å². The van der Waals surface area contributed by atoms with Gasteiger partial charge in [-0.3, -0.25) is 4.90 Å². The van der Waals surface area contributed by atoms with Crippen molar-refractivity contribution in [2.75, 3.05) is 26.2 Å². The Bertz CT molecular complexity index is 579. The van der Waals surface area contributed by atoms with E-state index in [9.17, 15) is 5.11 Å². The van der Waals surface area contributed by atoms with Crippen molar-refractivity contribution in [1.29, 1.82) is 0 Å². The molecule has 5 nitrogen and oxygen atoms in total. The Morgan fingerprint density at radius 3 is 2.35 bits per heavy atom. The van der Waals surface area contributed by atoms with Crippen molar-refractivity contribution in [1.82, 2.24) is 9.80 Å². The lowest BCUT2D eigenvalue weighted by Crippen LogP contribution is -2.42. The number of piperidine rings is 2. The fourth-order valence-corrected chi connectivity index (χ4v) is 3.69. The van der Waals surface area contributed by atoms with E-state index in [1.165, 1.54) is 24.0 Å². The van der Waals surface area contributed by atoms with Gasteiger partial charge in [0.05, 0.1) is 12.6 Å². The molecule has 0 aromatic heterocycles. The molecule has 1 aromatic carbocycles. The SMILES string of the molecule is CC1CCN(C(N)=NCc2ccccc2CN2CCC(O)CC2)CC1.I. The van der Waals surface area contributed by atoms with Crippen LogP contribution in [-0.2, 0) is 13.1 Å². The van der Waals surface area contributed by atoms with E-state index in [2.05, 4.69) is 46.0 Å². The molecule has 146 valence electrons. The third kappa shape index (κ3) is 6.09. The average molecular weight is 472 g/mol. The Morgan fingerprint density at radius 2 is 1.69 bits per heavy atom. The first-order valence-corrected chi connectivity index (χ1v) is 9.64. The number of benzene rings is 1. The molecule has 0 unspecified atom stereocenters. The molecule has 0 spiro atoms. The minimum atomic E-state index is -0.122. The third-order valence-corrected chi connectivity index (χ3v) is 5.59. The first kappa shape index (κ1) is 21.4. The number of aliphatic hydroxyl groups excluding tert-OH is 1. The van der Waals surface area contributed by atoms with Crippen LogP contribution in [0.5, 0.6) is 0 Å². The van der Waals surface area contributed by atoms with E-state index in [4.69, 9.17) is 5.73 Å². The fourth-order valence-electron chi connectivity index (χ4n) is 3.69. The van der Waals surface area contributed by atoms with Crippen molar-refractivity contribution in [2.45, 2.75) is 51.8 Å². The van der Waals surface area contributed by atoms with Crippen LogP contribution in [0, 0.1) is 5.92 Å². The molecular formula is C20H33IN4O. The second-order valence-corrected chi connectivity index (χ2v) is 7.62. The molecule has 0 radical (unpaired) electrons. The number of nitrogens with two attached hydrogens (primary N) is 1. The van der Waals surface area contributed by atoms with Crippen LogP contribution in [0.25, 0.3) is 0 Å². The highest BCUT2D eigenvalue weighted by atomic mass is 127. The molecule has 2 heterocycles. The molecule has 0 bridgehead atoms. The zero-order valence-corrected chi connectivity index (χ0v) is 18.1. The molecule has 0 aliphatic carbocycles. The maximum Gasteiger partial charge on any atom is 0.191 e. The van der Waals surface area contributed by atoms with Crippen molar-refractivity contribution in [3.05, 3.63) is 35.4 Å². The van der Waals surface area contributed by atoms with Crippen LogP contribution in [0.3, 0.4) is 0 Å². The van der Waals surface area contributed by atoms with Crippen LogP contribution in [0.2, 0.25) is 0 Å². The molecule has 0 atom stereocenters. The molecule has 0 saturated carbocycles. The molecule has 3 rings (SSSR count). The molecule has 6 heteroatoms. The summed E-state index contributed by atoms with van der Waals surface area (Å²) in [4.78, 5) is 9.31. The van der Waals surface area contributed by atoms with Gasteiger partial charge >= 0.3 is 0 Å². The van der Waals surface area contributed by atoms with Gasteiger partial charge in [-0.1, -0.05) is 31.2 Å². The van der Waals surface area contributed by atoms with Gasteiger partial charge in [0.15, 0.2) is 5.96 Å². The summed E-state index contributed by atoms with van der Waals surface area (Å²) in [5.74, 6) is 1.48. The quantitative estimate of drug-likeness (QED) is 0.402. The van der Waals surface area contributed by atoms with E-state index >= 15 is 0 Å². The van der Waals surface area contributed by atoms with Crippen LogP contribution in [0.15, 0.2) is 29.3 Å². The largest absolute Gasteiger partial charge is 0.393 e. The fraction of sp³-hybridized carbons (Fsp3) is 0.650. The van der Waals surface area contributed by atoms with Gasteiger partial charge in [-0.25, -0.2) is 4.99 Å². The van der Waals surface area contributed by atoms with E-state index in [1.807, 2.05) is 0 Å². The number of hydrogen-bond acceptors (Lipinski definition) is 3. The number of aliphatic imine (C=N–C) groups is 1. The van der Waals surface area contributed by atoms with Crippen LogP contribution < -0.4 is 5.73 Å². The minimum absolute atomic E-state index is 0. The normalized spacial score (nSPS) is 20.8. The lowest BCUT2D eigenvalue weighted by atomic mass is 10.00. The molecule has 26 heavy (non-hydrogen) atoms. The summed E-state index contributed by atoms with van der Waals surface area (Å²) in [5.41, 5.74) is 8.80. The van der Waals surface area contributed by atoms with Gasteiger partial charge in [0.2, 0.25) is 0 Å². The monoisotopic (exact) mass is 472 g/mol. The highest BCUT2D eigenvalue weighted by Gasteiger charge is 2.19. The summed E-state index contributed by atoms with van der Waals surface area (Å²) in [6, 6.07) is 8.52. The van der Waals surface area contributed by atoms with Gasteiger partial charge in [-0.15, -0.1) is 24.0 Å². The molecule has 0 amide bonds. The Hall–Kier alpha value is -0.860. The summed E-state index contributed by atoms with van der Waals surface area (Å²) in [6.07, 6.45) is 4.03. The Kier molecular flexibility index (Phi) is 8.63. The standard InChI is InChI=1S/C20H32N4O.HI/c1-16-6-12-24(13-7-16)20(21)22-14-17-4-2-3-5-18(17)15-23-10-8-19(25)9-11-23;/h2-5,16,19,25H,6-15H2,1H3,(H2,21,22);1H. The zero-order valence-electron chi connectivity index (χ0n) is 15.8. The van der Waals surface area contributed by atoms with Crippen molar-refractivity contribution >= 4 is 29.9 Å². The highest BCUT2D eigenvalue weighted by molar-refractivity contribution is 14.0. The number of aliphatic hydroxyl groups is 1. The number of rotatable bonds is 4. The maximum absolute atomic E-state index is 9.67. The second kappa shape index (κ2) is 10.5. The summed E-state index contributed by atoms with van der Waals surface area (Å²) in [5, 5.41) is 9.67. The van der Waals surface area contributed by atoms with Crippen molar-refractivity contribution in [2.24, 2.45) is 16.6 Å². The maximum atomic E-state index is 9.67. The van der Waals surface area contributed by atoms with Crippen LogP contribution in [0.4, 0.5) is 0 Å². The number of likely N-dealkylation sites (tertiary alicyclic amines) is 2. The molecule has 1 aromatic rings. The van der Waals surface area contributed by atoms with Gasteiger partial charge in [0.1, 0.15) is 0 Å². The number of hydrogen-bond donors (Lipinski definition) is 2. The molecule has 2 aliphatic heterocycles. The number of guanidine groups is 1. The summed E-state index contributed by atoms with van der Waals surface area (Å²) < 4.78 is 0. The number of halogens is 1. The zero-order chi connectivity index (χ0) is 17.6. The summed E-state index contributed by atoms with van der Waals surface area (Å²) in [6.45, 7) is 7.85. The average Bonchev–Trinajstić information content (AvgIpc) is 2.63. The van der Waals surface area contributed by atoms with Crippen molar-refractivity contribution < 1.29 is 5.11 Å². The molecule has 2 saturated heterocycles. The van der Waals surface area contributed by atoms with Gasteiger partial charge < -0.3 is 15.7 Å². The Morgan fingerprint density at radius 1 is 1.08 bits per heavy atom. The summed E-state index contributed by atoms with van der Waals surface area (Å²) in [7, 11) is 0. The van der Waals surface area contributed by atoms with E-state index in [1.54, 1.807) is 0 Å². The van der Waals surface area contributed by atoms with Crippen molar-refractivity contribution in [3.63, 3.8) is 0 Å². The lowest BCUT2D eigenvalue weighted by molar-refractivity contribution is 0.0791. The van der Waals surface area contributed by atoms with Crippen LogP contribution >= 0.6 is 24.0 Å². The smallest absolute Gasteiger partial charge is 0.191 e. The van der Waals surface area contributed by atoms with E-state index < -0.39 is 0 Å². The number of nitrogens with zero attached hydrogens (tertiary/aromatic N) is 3. The van der Waals surface area contributed by atoms with Gasteiger partial charge in [-0.2, -0.15) is 0 Å². The lowest BCUT2D eigenvalue weighted by Gasteiger charge is -2.31. The minimum Gasteiger partial charge on any atom is -0.393 e. The van der Waals surface area contributed by atoms with Gasteiger partial charge in [-0.05, 0) is 42.7 Å². The molecular weight excluding hydrogens is 439 g/mol. The first-order chi connectivity index (χ1) is 12.1. The summed E-state index contributed by atoms with van der Waals surface area (Å²) >= 11 is 0. The first-order valence-electron chi connectivity index (χ1n) is 9.64. The molecule has 3 N–H and O–H groups in total. The van der Waals surface area contributed by atoms with Gasteiger partial charge in [0.25, 0.3) is 0 Å². The Balaban J connectivity index is 0.00000243. The predicted octanol–water partition coefficient (Wildman–Crippen LogP) is 2.81. The van der Waals surface area contributed by atoms with E-state index in [0.717, 1.165) is 51.5 Å². The Labute approximate surface area is 174 Å². The van der Waals surface area contributed by atoms with Crippen molar-refractivity contribution in [3.8, 4) is 0 Å².